The normalized spacial score (nSPS) is 10.5. The number of aryl methyl sites for hydroxylation is 1. The standard InChI is InChI=1S/C11H12N2OS/c1-2-10-12-5-6-13(10)11(14)8-9-4-3-7-15-9/h3-7H,2,8H2,1H3. The number of hydrogen-bond acceptors (Lipinski definition) is 3. The molecule has 78 valence electrons. The van der Waals surface area contributed by atoms with Gasteiger partial charge in [0.25, 0.3) is 0 Å². The lowest BCUT2D eigenvalue weighted by molar-refractivity contribution is 0.0911. The molecule has 3 nitrogen and oxygen atoms in total. The van der Waals surface area contributed by atoms with E-state index in [1.54, 1.807) is 28.3 Å². The molecule has 0 aliphatic heterocycles. The molecule has 2 aromatic heterocycles. The molecule has 0 aliphatic rings. The first-order valence-electron chi connectivity index (χ1n) is 4.89. The Hall–Kier alpha value is -1.42. The molecule has 0 amide bonds. The van der Waals surface area contributed by atoms with Crippen molar-refractivity contribution in [3.63, 3.8) is 0 Å². The summed E-state index contributed by atoms with van der Waals surface area (Å²) in [4.78, 5) is 17.1. The van der Waals surface area contributed by atoms with Crippen LogP contribution in [-0.2, 0) is 12.8 Å². The minimum absolute atomic E-state index is 0.0896. The number of carbonyl (C=O) groups excluding carboxylic acids is 1. The fourth-order valence-electron chi connectivity index (χ4n) is 1.47. The van der Waals surface area contributed by atoms with Crippen molar-refractivity contribution in [2.45, 2.75) is 19.8 Å². The Bertz CT molecular complexity index is 445. The zero-order chi connectivity index (χ0) is 10.7. The number of nitrogens with zero attached hydrogens (tertiary/aromatic N) is 2. The Morgan fingerprint density at radius 1 is 1.60 bits per heavy atom. The summed E-state index contributed by atoms with van der Waals surface area (Å²) in [5.74, 6) is 0.920. The monoisotopic (exact) mass is 220 g/mol. The van der Waals surface area contributed by atoms with Crippen molar-refractivity contribution in [3.05, 3.63) is 40.6 Å². The fourth-order valence-corrected chi connectivity index (χ4v) is 2.17. The molecule has 2 rings (SSSR count). The van der Waals surface area contributed by atoms with Crippen LogP contribution in [0.5, 0.6) is 0 Å². The van der Waals surface area contributed by atoms with Crippen molar-refractivity contribution >= 4 is 17.2 Å². The minimum atomic E-state index is 0.0896. The molecule has 15 heavy (non-hydrogen) atoms. The summed E-state index contributed by atoms with van der Waals surface area (Å²) in [6, 6.07) is 3.94. The molecule has 0 radical (unpaired) electrons. The SMILES string of the molecule is CCc1nccn1C(=O)Cc1cccs1. The predicted molar refractivity (Wildman–Crippen MR) is 60.3 cm³/mol. The smallest absolute Gasteiger partial charge is 0.237 e. The Labute approximate surface area is 92.4 Å². The lowest BCUT2D eigenvalue weighted by Gasteiger charge is -2.03. The van der Waals surface area contributed by atoms with Gasteiger partial charge in [0.2, 0.25) is 5.91 Å². The lowest BCUT2D eigenvalue weighted by Crippen LogP contribution is -2.14. The van der Waals surface area contributed by atoms with Crippen LogP contribution in [0.4, 0.5) is 0 Å². The zero-order valence-electron chi connectivity index (χ0n) is 8.51. The summed E-state index contributed by atoms with van der Waals surface area (Å²) in [6.07, 6.45) is 4.64. The van der Waals surface area contributed by atoms with Gasteiger partial charge in [-0.3, -0.25) is 9.36 Å². The first kappa shape index (κ1) is 10.1. The number of imidazole rings is 1. The molecular weight excluding hydrogens is 208 g/mol. The van der Waals surface area contributed by atoms with Gasteiger partial charge >= 0.3 is 0 Å². The Kier molecular flexibility index (Phi) is 2.97. The molecule has 4 heteroatoms. The highest BCUT2D eigenvalue weighted by molar-refractivity contribution is 7.10. The van der Waals surface area contributed by atoms with Gasteiger partial charge < -0.3 is 0 Å². The van der Waals surface area contributed by atoms with Gasteiger partial charge in [0, 0.05) is 23.7 Å². The van der Waals surface area contributed by atoms with Crippen LogP contribution >= 0.6 is 11.3 Å². The highest BCUT2D eigenvalue weighted by atomic mass is 32.1. The van der Waals surface area contributed by atoms with Gasteiger partial charge in [-0.15, -0.1) is 11.3 Å². The minimum Gasteiger partial charge on any atom is -0.274 e. The molecule has 0 saturated heterocycles. The van der Waals surface area contributed by atoms with E-state index in [1.165, 1.54) is 0 Å². The van der Waals surface area contributed by atoms with Crippen LogP contribution < -0.4 is 0 Å². The first-order chi connectivity index (χ1) is 7.31. The summed E-state index contributed by atoms with van der Waals surface area (Å²) in [7, 11) is 0. The van der Waals surface area contributed by atoms with Gasteiger partial charge in [0.05, 0.1) is 6.42 Å². The van der Waals surface area contributed by atoms with Crippen molar-refractivity contribution in [3.8, 4) is 0 Å². The fraction of sp³-hybridized carbons (Fsp3) is 0.273. The van der Waals surface area contributed by atoms with E-state index in [2.05, 4.69) is 4.98 Å². The summed E-state index contributed by atoms with van der Waals surface area (Å²) in [6.45, 7) is 2.00. The average molecular weight is 220 g/mol. The Morgan fingerprint density at radius 2 is 2.47 bits per heavy atom. The molecule has 2 aromatic rings. The zero-order valence-corrected chi connectivity index (χ0v) is 9.33. The predicted octanol–water partition coefficient (Wildman–Crippen LogP) is 2.39. The molecule has 0 spiro atoms. The second kappa shape index (κ2) is 4.40. The Morgan fingerprint density at radius 3 is 3.13 bits per heavy atom. The van der Waals surface area contributed by atoms with E-state index in [0.717, 1.165) is 17.1 Å². The van der Waals surface area contributed by atoms with E-state index in [-0.39, 0.29) is 5.91 Å². The van der Waals surface area contributed by atoms with Crippen LogP contribution in [0.3, 0.4) is 0 Å². The second-order valence-electron chi connectivity index (χ2n) is 3.22. The van der Waals surface area contributed by atoms with Crippen LogP contribution in [-0.4, -0.2) is 15.5 Å². The molecule has 0 saturated carbocycles. The molecule has 0 N–H and O–H groups in total. The molecule has 0 unspecified atom stereocenters. The van der Waals surface area contributed by atoms with Crippen LogP contribution in [0.2, 0.25) is 0 Å². The maximum Gasteiger partial charge on any atom is 0.237 e. The van der Waals surface area contributed by atoms with E-state index in [9.17, 15) is 4.79 Å². The highest BCUT2D eigenvalue weighted by Crippen LogP contribution is 2.11. The van der Waals surface area contributed by atoms with Gasteiger partial charge in [-0.25, -0.2) is 4.98 Å². The third-order valence-electron chi connectivity index (χ3n) is 2.21. The molecular formula is C11H12N2OS. The van der Waals surface area contributed by atoms with Gasteiger partial charge in [0.15, 0.2) is 0 Å². The topological polar surface area (TPSA) is 34.9 Å². The van der Waals surface area contributed by atoms with E-state index in [4.69, 9.17) is 0 Å². The van der Waals surface area contributed by atoms with Gasteiger partial charge in [-0.2, -0.15) is 0 Å². The first-order valence-corrected chi connectivity index (χ1v) is 5.77. The number of thiophene rings is 1. The summed E-state index contributed by atoms with van der Waals surface area (Å²) in [5, 5.41) is 1.98. The van der Waals surface area contributed by atoms with Crippen LogP contribution in [0.15, 0.2) is 29.9 Å². The number of rotatable bonds is 3. The van der Waals surface area contributed by atoms with Crippen molar-refractivity contribution in [1.82, 2.24) is 9.55 Å². The summed E-state index contributed by atoms with van der Waals surface area (Å²) in [5.41, 5.74) is 0. The van der Waals surface area contributed by atoms with Crippen LogP contribution in [0, 0.1) is 0 Å². The molecule has 0 aromatic carbocycles. The average Bonchev–Trinajstić information content (AvgIpc) is 2.86. The van der Waals surface area contributed by atoms with Gasteiger partial charge in [0.1, 0.15) is 5.82 Å². The second-order valence-corrected chi connectivity index (χ2v) is 4.25. The number of carbonyl (C=O) groups is 1. The van der Waals surface area contributed by atoms with Crippen molar-refractivity contribution in [2.75, 3.05) is 0 Å². The maximum absolute atomic E-state index is 11.9. The molecule has 0 atom stereocenters. The van der Waals surface area contributed by atoms with Gasteiger partial charge in [-0.05, 0) is 11.4 Å². The van der Waals surface area contributed by atoms with Gasteiger partial charge in [-0.1, -0.05) is 13.0 Å². The Balaban J connectivity index is 2.15. The summed E-state index contributed by atoms with van der Waals surface area (Å²) >= 11 is 1.61. The third kappa shape index (κ3) is 2.15. The third-order valence-corrected chi connectivity index (χ3v) is 3.08. The lowest BCUT2D eigenvalue weighted by atomic mass is 10.3. The van der Waals surface area contributed by atoms with Crippen molar-refractivity contribution < 1.29 is 4.79 Å². The van der Waals surface area contributed by atoms with E-state index >= 15 is 0 Å². The van der Waals surface area contributed by atoms with E-state index in [1.807, 2.05) is 24.4 Å². The van der Waals surface area contributed by atoms with E-state index < -0.39 is 0 Å². The number of aromatic nitrogens is 2. The molecule has 0 bridgehead atoms. The summed E-state index contributed by atoms with van der Waals surface area (Å²) < 4.78 is 1.64. The van der Waals surface area contributed by atoms with Crippen LogP contribution in [0.25, 0.3) is 0 Å². The quantitative estimate of drug-likeness (QED) is 0.796. The maximum atomic E-state index is 11.9. The molecule has 2 heterocycles. The molecule has 0 fully saturated rings. The number of hydrogen-bond donors (Lipinski definition) is 0. The van der Waals surface area contributed by atoms with Crippen LogP contribution in [0.1, 0.15) is 22.4 Å². The largest absolute Gasteiger partial charge is 0.274 e. The van der Waals surface area contributed by atoms with Crippen molar-refractivity contribution in [1.29, 1.82) is 0 Å². The highest BCUT2D eigenvalue weighted by Gasteiger charge is 2.10. The van der Waals surface area contributed by atoms with Crippen molar-refractivity contribution in [2.24, 2.45) is 0 Å². The molecule has 0 aliphatic carbocycles. The van der Waals surface area contributed by atoms with E-state index in [0.29, 0.717) is 6.42 Å².